The minimum Gasteiger partial charge on any atom is -0.497 e. The first-order chi connectivity index (χ1) is 12.1. The Morgan fingerprint density at radius 1 is 1.24 bits per heavy atom. The summed E-state index contributed by atoms with van der Waals surface area (Å²) in [6.07, 6.45) is 5.60. The summed E-state index contributed by atoms with van der Waals surface area (Å²) in [4.78, 5) is 21.9. The van der Waals surface area contributed by atoms with E-state index in [4.69, 9.17) is 9.72 Å². The third-order valence-electron chi connectivity index (χ3n) is 4.81. The summed E-state index contributed by atoms with van der Waals surface area (Å²) in [6.45, 7) is 1.51. The molecule has 0 unspecified atom stereocenters. The van der Waals surface area contributed by atoms with Gasteiger partial charge in [0.1, 0.15) is 5.75 Å². The molecule has 1 saturated carbocycles. The van der Waals surface area contributed by atoms with Gasteiger partial charge in [-0.3, -0.25) is 9.69 Å². The van der Waals surface area contributed by atoms with Crippen LogP contribution in [0.5, 0.6) is 5.75 Å². The van der Waals surface area contributed by atoms with E-state index < -0.39 is 0 Å². The number of aromatic nitrogens is 1. The maximum atomic E-state index is 13.2. The lowest BCUT2D eigenvalue weighted by molar-refractivity contribution is -0.123. The van der Waals surface area contributed by atoms with E-state index in [0.717, 1.165) is 53.3 Å². The lowest BCUT2D eigenvalue weighted by Crippen LogP contribution is -2.41. The van der Waals surface area contributed by atoms with Gasteiger partial charge in [-0.05, 0) is 45.1 Å². The molecular formula is C19H27N3O2S. The van der Waals surface area contributed by atoms with Crippen LogP contribution in [0.15, 0.2) is 18.2 Å². The fourth-order valence-corrected chi connectivity index (χ4v) is 4.33. The van der Waals surface area contributed by atoms with Gasteiger partial charge in [-0.1, -0.05) is 30.6 Å². The van der Waals surface area contributed by atoms with Crippen LogP contribution in [0, 0.1) is 5.92 Å². The molecule has 2 aromatic rings. The molecule has 0 atom stereocenters. The van der Waals surface area contributed by atoms with Gasteiger partial charge in [0.15, 0.2) is 5.13 Å². The van der Waals surface area contributed by atoms with Crippen LogP contribution < -0.4 is 9.64 Å². The molecule has 1 amide bonds. The van der Waals surface area contributed by atoms with E-state index in [1.54, 1.807) is 18.4 Å². The van der Waals surface area contributed by atoms with Crippen molar-refractivity contribution in [2.24, 2.45) is 5.92 Å². The number of anilines is 1. The highest BCUT2D eigenvalue weighted by Gasteiger charge is 2.28. The smallest absolute Gasteiger partial charge is 0.231 e. The number of methoxy groups -OCH3 is 1. The van der Waals surface area contributed by atoms with Crippen molar-refractivity contribution in [1.29, 1.82) is 0 Å². The number of amides is 1. The molecule has 0 bridgehead atoms. The molecule has 0 N–H and O–H groups in total. The van der Waals surface area contributed by atoms with Crippen LogP contribution in [0.3, 0.4) is 0 Å². The number of ether oxygens (including phenoxy) is 1. The van der Waals surface area contributed by atoms with Gasteiger partial charge in [0.25, 0.3) is 0 Å². The molecule has 5 nitrogen and oxygen atoms in total. The lowest BCUT2D eigenvalue weighted by Gasteiger charge is -2.28. The van der Waals surface area contributed by atoms with Gasteiger partial charge in [-0.2, -0.15) is 0 Å². The van der Waals surface area contributed by atoms with Crippen molar-refractivity contribution in [3.63, 3.8) is 0 Å². The Morgan fingerprint density at radius 3 is 2.68 bits per heavy atom. The number of carbonyl (C=O) groups excluding carboxylic acids is 1. The maximum Gasteiger partial charge on any atom is 0.231 e. The number of rotatable bonds is 6. The topological polar surface area (TPSA) is 45.7 Å². The van der Waals surface area contributed by atoms with Crippen LogP contribution in [0.1, 0.15) is 32.1 Å². The molecule has 1 aliphatic rings. The number of thiazole rings is 1. The summed E-state index contributed by atoms with van der Waals surface area (Å²) in [7, 11) is 5.73. The molecule has 0 aliphatic heterocycles. The van der Waals surface area contributed by atoms with Gasteiger partial charge >= 0.3 is 0 Å². The number of likely N-dealkylation sites (N-methyl/N-ethyl adjacent to an activating group) is 1. The molecule has 6 heteroatoms. The normalized spacial score (nSPS) is 15.7. The van der Waals surface area contributed by atoms with Gasteiger partial charge in [-0.25, -0.2) is 4.98 Å². The zero-order valence-corrected chi connectivity index (χ0v) is 16.1. The van der Waals surface area contributed by atoms with Crippen molar-refractivity contribution >= 4 is 32.6 Å². The van der Waals surface area contributed by atoms with Crippen molar-refractivity contribution in [2.45, 2.75) is 32.1 Å². The second-order valence-electron chi connectivity index (χ2n) is 6.96. The molecule has 0 radical (unpaired) electrons. The van der Waals surface area contributed by atoms with Crippen LogP contribution in [-0.2, 0) is 4.79 Å². The Kier molecular flexibility index (Phi) is 5.91. The van der Waals surface area contributed by atoms with E-state index in [0.29, 0.717) is 6.54 Å². The Balaban J connectivity index is 1.88. The van der Waals surface area contributed by atoms with Crippen LogP contribution >= 0.6 is 11.3 Å². The van der Waals surface area contributed by atoms with Gasteiger partial charge < -0.3 is 9.64 Å². The molecule has 3 rings (SSSR count). The first-order valence-electron chi connectivity index (χ1n) is 8.99. The fraction of sp³-hybridized carbons (Fsp3) is 0.579. The van der Waals surface area contributed by atoms with E-state index in [1.807, 2.05) is 37.2 Å². The summed E-state index contributed by atoms with van der Waals surface area (Å²) in [5.74, 6) is 1.21. The van der Waals surface area contributed by atoms with E-state index in [9.17, 15) is 4.79 Å². The highest BCUT2D eigenvalue weighted by molar-refractivity contribution is 7.22. The van der Waals surface area contributed by atoms with Crippen LogP contribution in [-0.4, -0.2) is 50.1 Å². The average Bonchev–Trinajstić information content (AvgIpc) is 3.04. The molecule has 136 valence electrons. The van der Waals surface area contributed by atoms with Crippen molar-refractivity contribution in [2.75, 3.05) is 39.2 Å². The van der Waals surface area contributed by atoms with Crippen molar-refractivity contribution in [1.82, 2.24) is 9.88 Å². The lowest BCUT2D eigenvalue weighted by atomic mass is 9.88. The average molecular weight is 362 g/mol. The van der Waals surface area contributed by atoms with Crippen LogP contribution in [0.4, 0.5) is 5.13 Å². The summed E-state index contributed by atoms with van der Waals surface area (Å²) in [5.41, 5.74) is 0.923. The van der Waals surface area contributed by atoms with E-state index in [-0.39, 0.29) is 11.8 Å². The van der Waals surface area contributed by atoms with Gasteiger partial charge in [0, 0.05) is 19.0 Å². The number of fused-ring (bicyclic) bond motifs is 1. The molecule has 1 aliphatic carbocycles. The second kappa shape index (κ2) is 8.15. The number of benzene rings is 1. The Morgan fingerprint density at radius 2 is 2.00 bits per heavy atom. The maximum absolute atomic E-state index is 13.2. The van der Waals surface area contributed by atoms with Gasteiger partial charge in [0.2, 0.25) is 5.91 Å². The molecule has 1 heterocycles. The Labute approximate surface area is 153 Å². The van der Waals surface area contributed by atoms with Crippen LogP contribution in [0.2, 0.25) is 0 Å². The molecular weight excluding hydrogens is 334 g/mol. The quantitative estimate of drug-likeness (QED) is 0.785. The highest BCUT2D eigenvalue weighted by Crippen LogP contribution is 2.34. The Bertz CT molecular complexity index is 723. The van der Waals surface area contributed by atoms with Crippen LogP contribution in [0.25, 0.3) is 10.2 Å². The standard InChI is InChI=1S/C19H27N3O2S/c1-21(2)11-12-22(18(23)14-7-5-4-6-8-14)19-20-16-10-9-15(24-3)13-17(16)25-19/h9-10,13-14H,4-8,11-12H2,1-3H3. The molecule has 1 aromatic heterocycles. The van der Waals surface area contributed by atoms with Crippen molar-refractivity contribution in [3.05, 3.63) is 18.2 Å². The first-order valence-corrected chi connectivity index (χ1v) is 9.81. The van der Waals surface area contributed by atoms with Crippen molar-refractivity contribution < 1.29 is 9.53 Å². The predicted octanol–water partition coefficient (Wildman–Crippen LogP) is 3.78. The van der Waals surface area contributed by atoms with E-state index >= 15 is 0 Å². The predicted molar refractivity (Wildman–Crippen MR) is 104 cm³/mol. The molecule has 1 aromatic carbocycles. The number of nitrogens with zero attached hydrogens (tertiary/aromatic N) is 3. The SMILES string of the molecule is COc1ccc2nc(N(CCN(C)C)C(=O)C3CCCCC3)sc2c1. The number of carbonyl (C=O) groups is 1. The number of hydrogen-bond acceptors (Lipinski definition) is 5. The Hall–Kier alpha value is -1.66. The minimum absolute atomic E-state index is 0.150. The molecule has 25 heavy (non-hydrogen) atoms. The first kappa shape index (κ1) is 18.1. The third-order valence-corrected chi connectivity index (χ3v) is 5.85. The van der Waals surface area contributed by atoms with E-state index in [1.165, 1.54) is 6.42 Å². The highest BCUT2D eigenvalue weighted by atomic mass is 32.1. The summed E-state index contributed by atoms with van der Waals surface area (Å²) < 4.78 is 6.36. The third kappa shape index (κ3) is 4.30. The van der Waals surface area contributed by atoms with E-state index in [2.05, 4.69) is 4.90 Å². The van der Waals surface area contributed by atoms with Gasteiger partial charge in [-0.15, -0.1) is 0 Å². The summed E-state index contributed by atoms with van der Waals surface area (Å²) in [5, 5.41) is 0.806. The molecule has 1 fully saturated rings. The zero-order valence-electron chi connectivity index (χ0n) is 15.3. The summed E-state index contributed by atoms with van der Waals surface area (Å²) in [6, 6.07) is 5.87. The summed E-state index contributed by atoms with van der Waals surface area (Å²) >= 11 is 1.57. The molecule has 0 saturated heterocycles. The van der Waals surface area contributed by atoms with Gasteiger partial charge in [0.05, 0.1) is 17.3 Å². The largest absolute Gasteiger partial charge is 0.497 e. The van der Waals surface area contributed by atoms with Crippen molar-refractivity contribution in [3.8, 4) is 5.75 Å². The number of hydrogen-bond donors (Lipinski definition) is 0. The minimum atomic E-state index is 0.150. The molecule has 0 spiro atoms. The second-order valence-corrected chi connectivity index (χ2v) is 7.97. The zero-order chi connectivity index (χ0) is 17.8. The fourth-order valence-electron chi connectivity index (χ4n) is 3.31. The monoisotopic (exact) mass is 361 g/mol.